The van der Waals surface area contributed by atoms with Crippen molar-refractivity contribution in [2.75, 3.05) is 0 Å². The van der Waals surface area contributed by atoms with Gasteiger partial charge in [0.05, 0.1) is 0 Å². The van der Waals surface area contributed by atoms with E-state index in [2.05, 4.69) is 36.4 Å². The normalized spacial score (nSPS) is 20.0. The lowest BCUT2D eigenvalue weighted by Crippen LogP contribution is -1.97. The zero-order valence-corrected chi connectivity index (χ0v) is 13.3. The van der Waals surface area contributed by atoms with Crippen molar-refractivity contribution in [3.05, 3.63) is 74.8 Å². The van der Waals surface area contributed by atoms with E-state index < -0.39 is 0 Å². The van der Waals surface area contributed by atoms with Crippen LogP contribution < -0.4 is 0 Å². The predicted octanol–water partition coefficient (Wildman–Crippen LogP) is 4.49. The Hall–Kier alpha value is -2.15. The van der Waals surface area contributed by atoms with E-state index in [0.717, 1.165) is 24.0 Å². The van der Waals surface area contributed by atoms with E-state index in [1.165, 1.54) is 65.5 Å². The number of hydrogen-bond donors (Lipinski definition) is 0. The summed E-state index contributed by atoms with van der Waals surface area (Å²) in [7, 11) is 0. The van der Waals surface area contributed by atoms with Gasteiger partial charge in [-0.3, -0.25) is 4.79 Å². The Balaban J connectivity index is 1.51. The molecule has 0 aliphatic heterocycles. The Morgan fingerprint density at radius 3 is 2.26 bits per heavy atom. The number of fused-ring (bicyclic) bond motifs is 3. The van der Waals surface area contributed by atoms with Crippen LogP contribution in [0.1, 0.15) is 56.6 Å². The molecule has 0 saturated heterocycles. The highest BCUT2D eigenvalue weighted by Crippen LogP contribution is 2.34. The molecule has 1 heteroatoms. The zero-order chi connectivity index (χ0) is 15.4. The first-order valence-corrected chi connectivity index (χ1v) is 8.80. The molecular weight excluding hydrogens is 280 g/mol. The van der Waals surface area contributed by atoms with Crippen molar-refractivity contribution in [2.24, 2.45) is 0 Å². The second-order valence-corrected chi connectivity index (χ2v) is 7.19. The molecule has 3 aliphatic rings. The molecule has 5 rings (SSSR count). The molecule has 0 radical (unpaired) electrons. The van der Waals surface area contributed by atoms with Crippen molar-refractivity contribution in [1.29, 1.82) is 0 Å². The molecule has 1 nitrogen and oxygen atoms in total. The van der Waals surface area contributed by atoms with E-state index in [0.29, 0.717) is 0 Å². The quantitative estimate of drug-likeness (QED) is 0.709. The van der Waals surface area contributed by atoms with E-state index in [1.54, 1.807) is 0 Å². The molecule has 114 valence electrons. The van der Waals surface area contributed by atoms with Crippen LogP contribution in [0.4, 0.5) is 0 Å². The molecule has 23 heavy (non-hydrogen) atoms. The van der Waals surface area contributed by atoms with E-state index in [4.69, 9.17) is 0 Å². The zero-order valence-electron chi connectivity index (χ0n) is 13.3. The fourth-order valence-electron chi connectivity index (χ4n) is 4.49. The van der Waals surface area contributed by atoms with Gasteiger partial charge in [0.25, 0.3) is 0 Å². The number of ketones is 1. The topological polar surface area (TPSA) is 17.1 Å². The second kappa shape index (κ2) is 4.92. The summed E-state index contributed by atoms with van der Waals surface area (Å²) in [5.74, 6) is 0.246. The molecule has 0 fully saturated rings. The summed E-state index contributed by atoms with van der Waals surface area (Å²) in [6, 6.07) is 11.2. The van der Waals surface area contributed by atoms with E-state index in [1.807, 2.05) is 0 Å². The molecule has 3 aliphatic carbocycles. The Kier molecular flexibility index (Phi) is 2.85. The van der Waals surface area contributed by atoms with Crippen molar-refractivity contribution in [3.8, 4) is 0 Å². The lowest BCUT2D eigenvalue weighted by Gasteiger charge is -2.02. The molecule has 0 amide bonds. The van der Waals surface area contributed by atoms with Crippen LogP contribution in [0.5, 0.6) is 0 Å². The molecular formula is C22H20O. The van der Waals surface area contributed by atoms with Crippen LogP contribution in [0, 0.1) is 0 Å². The molecule has 0 atom stereocenters. The van der Waals surface area contributed by atoms with Crippen LogP contribution in [0.3, 0.4) is 0 Å². The number of Topliss-reactive ketones (excluding diaryl/α,β-unsaturated/α-hetero) is 1. The first kappa shape index (κ1) is 13.3. The molecule has 0 heterocycles. The molecule has 2 aromatic carbocycles. The maximum Gasteiger partial charge on any atom is 0.189 e. The fraction of sp³-hybridized carbons (Fsp3) is 0.318. The summed E-state index contributed by atoms with van der Waals surface area (Å²) in [5, 5.41) is 0. The van der Waals surface area contributed by atoms with Gasteiger partial charge in [-0.05, 0) is 84.0 Å². The first-order valence-electron chi connectivity index (χ1n) is 8.80. The van der Waals surface area contributed by atoms with Crippen molar-refractivity contribution >= 4 is 11.9 Å². The number of carbonyl (C=O) groups excluding carboxylic acids is 1. The van der Waals surface area contributed by atoms with Gasteiger partial charge in [-0.2, -0.15) is 0 Å². The Labute approximate surface area is 137 Å². The Bertz CT molecular complexity index is 870. The van der Waals surface area contributed by atoms with Gasteiger partial charge in [-0.15, -0.1) is 0 Å². The van der Waals surface area contributed by atoms with Crippen molar-refractivity contribution < 1.29 is 4.79 Å². The van der Waals surface area contributed by atoms with Crippen LogP contribution in [0.2, 0.25) is 0 Å². The van der Waals surface area contributed by atoms with Gasteiger partial charge >= 0.3 is 0 Å². The summed E-state index contributed by atoms with van der Waals surface area (Å²) < 4.78 is 0. The third-order valence-corrected chi connectivity index (χ3v) is 5.70. The Morgan fingerprint density at radius 2 is 1.43 bits per heavy atom. The average Bonchev–Trinajstić information content (AvgIpc) is 3.25. The SMILES string of the molecule is O=C1/C(=C\c2ccc3c(c2)CCC3)Cc2cc3c(cc21)CCC3. The second-order valence-electron chi connectivity index (χ2n) is 7.19. The van der Waals surface area contributed by atoms with Gasteiger partial charge in [0.1, 0.15) is 0 Å². The van der Waals surface area contributed by atoms with Gasteiger partial charge in [0, 0.05) is 17.6 Å². The van der Waals surface area contributed by atoms with E-state index in [-0.39, 0.29) is 5.78 Å². The third-order valence-electron chi connectivity index (χ3n) is 5.70. The van der Waals surface area contributed by atoms with E-state index >= 15 is 0 Å². The molecule has 0 spiro atoms. The van der Waals surface area contributed by atoms with Gasteiger partial charge < -0.3 is 0 Å². The molecule has 0 aromatic heterocycles. The molecule has 2 aromatic rings. The van der Waals surface area contributed by atoms with E-state index in [9.17, 15) is 4.79 Å². The van der Waals surface area contributed by atoms with Crippen LogP contribution in [-0.2, 0) is 32.1 Å². The molecule has 0 N–H and O–H groups in total. The van der Waals surface area contributed by atoms with Gasteiger partial charge in [0.15, 0.2) is 5.78 Å². The minimum Gasteiger partial charge on any atom is -0.289 e. The number of allylic oxidation sites excluding steroid dienone is 1. The van der Waals surface area contributed by atoms with Crippen LogP contribution >= 0.6 is 0 Å². The first-order chi connectivity index (χ1) is 11.3. The monoisotopic (exact) mass is 300 g/mol. The summed E-state index contributed by atoms with van der Waals surface area (Å²) in [5.41, 5.74) is 10.2. The van der Waals surface area contributed by atoms with Gasteiger partial charge in [-0.1, -0.05) is 24.3 Å². The van der Waals surface area contributed by atoms with Gasteiger partial charge in [-0.25, -0.2) is 0 Å². The van der Waals surface area contributed by atoms with Crippen molar-refractivity contribution in [2.45, 2.75) is 44.9 Å². The van der Waals surface area contributed by atoms with Gasteiger partial charge in [0.2, 0.25) is 0 Å². The van der Waals surface area contributed by atoms with Crippen LogP contribution in [0.25, 0.3) is 6.08 Å². The third kappa shape index (κ3) is 2.10. The highest BCUT2D eigenvalue weighted by molar-refractivity contribution is 6.15. The minimum absolute atomic E-state index is 0.246. The predicted molar refractivity (Wildman–Crippen MR) is 92.9 cm³/mol. The van der Waals surface area contributed by atoms with Crippen LogP contribution in [-0.4, -0.2) is 5.78 Å². The Morgan fingerprint density at radius 1 is 0.739 bits per heavy atom. The van der Waals surface area contributed by atoms with Crippen molar-refractivity contribution in [1.82, 2.24) is 0 Å². The molecule has 0 unspecified atom stereocenters. The average molecular weight is 300 g/mol. The number of hydrogen-bond acceptors (Lipinski definition) is 1. The highest BCUT2D eigenvalue weighted by atomic mass is 16.1. The smallest absolute Gasteiger partial charge is 0.189 e. The lowest BCUT2D eigenvalue weighted by molar-refractivity contribution is 0.104. The standard InChI is InChI=1S/C22H20O/c23-22-20(10-14-7-8-15-3-1-4-16(15)9-14)12-19-11-17-5-2-6-18(17)13-21(19)22/h7-11,13H,1-6,12H2/b20-10-. The minimum atomic E-state index is 0.246. The number of rotatable bonds is 1. The van der Waals surface area contributed by atoms with Crippen molar-refractivity contribution in [3.63, 3.8) is 0 Å². The highest BCUT2D eigenvalue weighted by Gasteiger charge is 2.27. The summed E-state index contributed by atoms with van der Waals surface area (Å²) in [6.07, 6.45) is 10.1. The maximum absolute atomic E-state index is 12.8. The number of benzene rings is 2. The van der Waals surface area contributed by atoms with Crippen LogP contribution in [0.15, 0.2) is 35.9 Å². The fourth-order valence-corrected chi connectivity index (χ4v) is 4.49. The number of carbonyl (C=O) groups is 1. The summed E-state index contributed by atoms with van der Waals surface area (Å²) >= 11 is 0. The summed E-state index contributed by atoms with van der Waals surface area (Å²) in [6.45, 7) is 0. The number of aryl methyl sites for hydroxylation is 4. The lowest BCUT2D eigenvalue weighted by atomic mass is 10.0. The summed E-state index contributed by atoms with van der Waals surface area (Å²) in [4.78, 5) is 12.8. The molecule has 0 saturated carbocycles. The molecule has 0 bridgehead atoms. The maximum atomic E-state index is 12.8. The largest absolute Gasteiger partial charge is 0.289 e.